The number of carboxylic acid groups (broad SMARTS) is 1. The Morgan fingerprint density at radius 3 is 2.55 bits per heavy atom. The highest BCUT2D eigenvalue weighted by molar-refractivity contribution is 6.34. The molecule has 0 spiro atoms. The molecule has 56 heavy (non-hydrogen) atoms. The predicted molar refractivity (Wildman–Crippen MR) is 203 cm³/mol. The van der Waals surface area contributed by atoms with Crippen LogP contribution in [-0.4, -0.2) is 71.8 Å². The number of aliphatic hydroxyl groups is 1. The number of benzene rings is 3. The maximum atomic E-state index is 14.1. The zero-order valence-electron chi connectivity index (χ0n) is 29.9. The Labute approximate surface area is 324 Å². The zero-order chi connectivity index (χ0) is 39.4. The normalized spacial score (nSPS) is 17.3. The number of nitrogens with one attached hydrogen (secondary N) is 3. The minimum absolute atomic E-state index is 0.00932. The average molecular weight is 775 g/mol. The van der Waals surface area contributed by atoms with E-state index in [4.69, 9.17) is 17.3 Å². The fourth-order valence-corrected chi connectivity index (χ4v) is 7.84. The van der Waals surface area contributed by atoms with Gasteiger partial charge in [-0.25, -0.2) is 14.3 Å². The van der Waals surface area contributed by atoms with Crippen molar-refractivity contribution in [2.75, 3.05) is 11.9 Å². The number of nitrogens with zero attached hydrogens (tertiary/aromatic N) is 4. The number of para-hydroxylation sites is 1. The van der Waals surface area contributed by atoms with E-state index < -0.39 is 41.6 Å². The molecule has 0 bridgehead atoms. The minimum atomic E-state index is -1.22. The van der Waals surface area contributed by atoms with Crippen LogP contribution in [0.25, 0.3) is 5.65 Å². The third kappa shape index (κ3) is 6.39. The van der Waals surface area contributed by atoms with Crippen molar-refractivity contribution >= 4 is 52.4 Å². The monoisotopic (exact) mass is 774 g/mol. The zero-order valence-corrected chi connectivity index (χ0v) is 30.7. The number of halogens is 1. The molecule has 3 amide bonds. The summed E-state index contributed by atoms with van der Waals surface area (Å²) in [7, 11) is 0. The number of aliphatic hydroxyl groups excluding tert-OH is 1. The van der Waals surface area contributed by atoms with Gasteiger partial charge in [-0.05, 0) is 77.8 Å². The molecule has 284 valence electrons. The summed E-state index contributed by atoms with van der Waals surface area (Å²) >= 11 is 6.29. The van der Waals surface area contributed by atoms with Gasteiger partial charge in [-0.3, -0.25) is 19.2 Å². The quantitative estimate of drug-likeness (QED) is 0.127. The van der Waals surface area contributed by atoms with Crippen LogP contribution in [0, 0.1) is 6.92 Å². The molecule has 3 aliphatic rings. The van der Waals surface area contributed by atoms with Crippen LogP contribution in [0.1, 0.15) is 87.5 Å². The number of aromatic nitrogens is 3. The van der Waals surface area contributed by atoms with Gasteiger partial charge >= 0.3 is 5.97 Å². The molecule has 0 saturated carbocycles. The molecule has 2 unspecified atom stereocenters. The second-order valence-electron chi connectivity index (χ2n) is 14.0. The number of hydrogen-bond acceptors (Lipinski definition) is 10. The van der Waals surface area contributed by atoms with E-state index in [1.165, 1.54) is 22.8 Å². The Hall–Kier alpha value is -6.58. The maximum Gasteiger partial charge on any atom is 0.335 e. The van der Waals surface area contributed by atoms with Crippen LogP contribution in [0.15, 0.2) is 78.3 Å². The molecular formula is C40H35ClN8O7. The summed E-state index contributed by atoms with van der Waals surface area (Å²) < 4.78 is 1.20. The Balaban J connectivity index is 1.07. The SMILES string of the molecule is Cc1c(C(=O)O)ccc2c1CCC2NC(=O)c1cc(C(=O)NCc2ccc3c(c2)CN(C2=C(N)C(=O)C2O)CC3)nc2c(C(=O)Nc3ccccc3Cl)cnn12. The Morgan fingerprint density at radius 2 is 1.79 bits per heavy atom. The first-order chi connectivity index (χ1) is 26.9. The van der Waals surface area contributed by atoms with Crippen LogP contribution < -0.4 is 21.7 Å². The van der Waals surface area contributed by atoms with E-state index in [-0.39, 0.29) is 40.4 Å². The minimum Gasteiger partial charge on any atom is -0.478 e. The number of carboxylic acids is 1. The molecule has 0 radical (unpaired) electrons. The molecule has 2 aliphatic carbocycles. The van der Waals surface area contributed by atoms with Gasteiger partial charge in [0.05, 0.1) is 34.2 Å². The first-order valence-electron chi connectivity index (χ1n) is 17.9. The number of aromatic carboxylic acids is 1. The van der Waals surface area contributed by atoms with Crippen molar-refractivity contribution in [1.29, 1.82) is 0 Å². The van der Waals surface area contributed by atoms with Crippen molar-refractivity contribution in [3.8, 4) is 0 Å². The predicted octanol–water partition coefficient (Wildman–Crippen LogP) is 3.46. The number of rotatable bonds is 9. The van der Waals surface area contributed by atoms with Gasteiger partial charge in [0.2, 0.25) is 5.78 Å². The Bertz CT molecular complexity index is 2570. The number of ketones is 1. The van der Waals surface area contributed by atoms with E-state index in [9.17, 15) is 34.2 Å². The van der Waals surface area contributed by atoms with Crippen molar-refractivity contribution in [3.63, 3.8) is 0 Å². The topological polar surface area (TPSA) is 221 Å². The van der Waals surface area contributed by atoms with Crippen molar-refractivity contribution in [2.24, 2.45) is 5.73 Å². The molecular weight excluding hydrogens is 740 g/mol. The molecule has 1 aliphatic heterocycles. The molecule has 16 heteroatoms. The summed E-state index contributed by atoms with van der Waals surface area (Å²) in [5.41, 5.74) is 11.8. The number of carbonyl (C=O) groups is 5. The summed E-state index contributed by atoms with van der Waals surface area (Å²) in [6.07, 6.45) is 1.81. The van der Waals surface area contributed by atoms with E-state index in [0.29, 0.717) is 54.3 Å². The second-order valence-corrected chi connectivity index (χ2v) is 14.4. The smallest absolute Gasteiger partial charge is 0.335 e. The third-order valence-corrected chi connectivity index (χ3v) is 11.0. The number of amides is 3. The number of hydrogen-bond donors (Lipinski definition) is 6. The first kappa shape index (κ1) is 36.4. The summed E-state index contributed by atoms with van der Waals surface area (Å²) in [6, 6.07) is 16.6. The Morgan fingerprint density at radius 1 is 0.982 bits per heavy atom. The number of nitrogens with two attached hydrogens (primary N) is 1. The van der Waals surface area contributed by atoms with Gasteiger partial charge in [0.1, 0.15) is 22.6 Å². The fraction of sp³-hybridized carbons (Fsp3) is 0.225. The molecule has 8 rings (SSSR count). The van der Waals surface area contributed by atoms with Crippen LogP contribution in [0.5, 0.6) is 0 Å². The van der Waals surface area contributed by atoms with E-state index in [1.54, 1.807) is 37.3 Å². The number of carbonyl (C=O) groups excluding carboxylic acids is 4. The van der Waals surface area contributed by atoms with Crippen molar-refractivity contribution in [1.82, 2.24) is 30.1 Å². The highest BCUT2D eigenvalue weighted by Crippen LogP contribution is 2.35. The molecule has 2 aromatic heterocycles. The standard InChI is InChI=1S/C40H35ClN8O7/c1-19-23-10-11-28(25(23)9-8-24(19)40(55)56)46-39(54)31-15-30(45-36-26(17-44-49(31)36)37(52)47-29-5-3-2-4-27(29)41)38(53)43-16-20-6-7-21-12-13-48(18-22(21)14-20)33-32(42)34(50)35(33)51/h2-9,14-15,17,28,35,51H,10-13,16,18,42H2,1H3,(H,43,53)(H,46,54)(H,47,52)(H,55,56). The van der Waals surface area contributed by atoms with Crippen LogP contribution >= 0.6 is 11.6 Å². The van der Waals surface area contributed by atoms with Crippen LogP contribution in [-0.2, 0) is 30.7 Å². The molecule has 0 fully saturated rings. The number of Topliss-reactive ketones (excluding diaryl/α,β-unsaturated/α-hetero) is 1. The van der Waals surface area contributed by atoms with Crippen molar-refractivity contribution < 1.29 is 34.2 Å². The van der Waals surface area contributed by atoms with Gasteiger partial charge in [0, 0.05) is 25.7 Å². The fourth-order valence-electron chi connectivity index (χ4n) is 7.66. The van der Waals surface area contributed by atoms with E-state index >= 15 is 0 Å². The van der Waals surface area contributed by atoms with Gasteiger partial charge < -0.3 is 36.8 Å². The maximum absolute atomic E-state index is 14.1. The second kappa shape index (κ2) is 14.2. The summed E-state index contributed by atoms with van der Waals surface area (Å²) in [6.45, 7) is 2.88. The summed E-state index contributed by atoms with van der Waals surface area (Å²) in [4.78, 5) is 71.3. The molecule has 5 aromatic rings. The lowest BCUT2D eigenvalue weighted by atomic mass is 9.90. The lowest BCUT2D eigenvalue weighted by Crippen LogP contribution is -2.49. The number of anilines is 1. The largest absolute Gasteiger partial charge is 0.478 e. The van der Waals surface area contributed by atoms with Crippen LogP contribution in [0.3, 0.4) is 0 Å². The first-order valence-corrected chi connectivity index (χ1v) is 18.2. The molecule has 3 heterocycles. The molecule has 3 aromatic carbocycles. The van der Waals surface area contributed by atoms with Crippen molar-refractivity contribution in [3.05, 3.63) is 139 Å². The summed E-state index contributed by atoms with van der Waals surface area (Å²) in [5, 5.41) is 33.0. The van der Waals surface area contributed by atoms with Crippen molar-refractivity contribution in [2.45, 2.75) is 51.4 Å². The van der Waals surface area contributed by atoms with Gasteiger partial charge in [0.25, 0.3) is 17.7 Å². The highest BCUT2D eigenvalue weighted by Gasteiger charge is 2.40. The van der Waals surface area contributed by atoms with Crippen LogP contribution in [0.4, 0.5) is 5.69 Å². The van der Waals surface area contributed by atoms with E-state index in [0.717, 1.165) is 27.8 Å². The molecule has 15 nitrogen and oxygen atoms in total. The van der Waals surface area contributed by atoms with Crippen LogP contribution in [0.2, 0.25) is 5.02 Å². The van der Waals surface area contributed by atoms with E-state index in [1.807, 2.05) is 23.1 Å². The summed E-state index contributed by atoms with van der Waals surface area (Å²) in [5.74, 6) is -3.32. The molecule has 7 N–H and O–H groups in total. The lowest BCUT2D eigenvalue weighted by molar-refractivity contribution is -0.126. The van der Waals surface area contributed by atoms with Gasteiger partial charge in [0.15, 0.2) is 11.8 Å². The average Bonchev–Trinajstić information content (AvgIpc) is 3.82. The van der Waals surface area contributed by atoms with Gasteiger partial charge in [-0.2, -0.15) is 5.10 Å². The Kier molecular flexibility index (Phi) is 9.26. The van der Waals surface area contributed by atoms with E-state index in [2.05, 4.69) is 26.0 Å². The molecule has 0 saturated heterocycles. The van der Waals surface area contributed by atoms with Gasteiger partial charge in [-0.1, -0.05) is 48.0 Å². The number of fused-ring (bicyclic) bond motifs is 3. The lowest BCUT2D eigenvalue weighted by Gasteiger charge is -2.39. The third-order valence-electron chi connectivity index (χ3n) is 10.7. The van der Waals surface area contributed by atoms with Gasteiger partial charge in [-0.15, -0.1) is 0 Å². The highest BCUT2D eigenvalue weighted by atomic mass is 35.5. The molecule has 2 atom stereocenters.